The smallest absolute Gasteiger partial charge is 0.356 e. The van der Waals surface area contributed by atoms with E-state index in [0.29, 0.717) is 10.7 Å². The average molecular weight is 406 g/mol. The number of hydrogen-bond acceptors (Lipinski definition) is 4. The minimum atomic E-state index is -1.29. The molecule has 0 atom stereocenters. The number of amides is 1. The number of carbonyl (C=O) groups is 2. The van der Waals surface area contributed by atoms with Gasteiger partial charge in [-0.15, -0.1) is 0 Å². The second kappa shape index (κ2) is 7.69. The van der Waals surface area contributed by atoms with Crippen LogP contribution in [0.3, 0.4) is 0 Å². The Kier molecular flexibility index (Phi) is 5.34. The van der Waals surface area contributed by atoms with Crippen LogP contribution in [0.4, 0.5) is 5.82 Å². The lowest BCUT2D eigenvalue weighted by molar-refractivity contribution is 0.0688. The van der Waals surface area contributed by atoms with Crippen LogP contribution in [0.5, 0.6) is 6.01 Å². The Labute approximate surface area is 164 Å². The zero-order valence-corrected chi connectivity index (χ0v) is 15.5. The van der Waals surface area contributed by atoms with Gasteiger partial charge in [0.25, 0.3) is 5.91 Å². The highest BCUT2D eigenvalue weighted by atomic mass is 35.5. The number of ether oxygens (including phenoxy) is 1. The zero-order valence-electron chi connectivity index (χ0n) is 13.9. The third-order valence-electron chi connectivity index (χ3n) is 3.65. The molecule has 27 heavy (non-hydrogen) atoms. The molecule has 2 aromatic carbocycles. The van der Waals surface area contributed by atoms with Crippen molar-refractivity contribution >= 4 is 40.9 Å². The summed E-state index contributed by atoms with van der Waals surface area (Å²) in [5, 5.41) is 12.7. The summed E-state index contributed by atoms with van der Waals surface area (Å²) in [6.07, 6.45) is 0. The first-order chi connectivity index (χ1) is 12.9. The Morgan fingerprint density at radius 1 is 1.15 bits per heavy atom. The Morgan fingerprint density at radius 3 is 2.44 bits per heavy atom. The lowest BCUT2D eigenvalue weighted by Crippen LogP contribution is -2.16. The van der Waals surface area contributed by atoms with E-state index in [4.69, 9.17) is 27.9 Å². The number of halogens is 2. The topological polar surface area (TPSA) is 93.4 Å². The molecule has 0 bridgehead atoms. The molecule has 0 unspecified atom stereocenters. The van der Waals surface area contributed by atoms with Gasteiger partial charge >= 0.3 is 12.0 Å². The van der Waals surface area contributed by atoms with Gasteiger partial charge in [0.1, 0.15) is 0 Å². The van der Waals surface area contributed by atoms with Crippen LogP contribution in [0, 0.1) is 0 Å². The van der Waals surface area contributed by atoms with Crippen molar-refractivity contribution in [1.29, 1.82) is 0 Å². The van der Waals surface area contributed by atoms with E-state index in [1.54, 1.807) is 30.3 Å². The van der Waals surface area contributed by atoms with Gasteiger partial charge in [0, 0.05) is 5.02 Å². The molecule has 1 amide bonds. The number of hydrogen-bond donors (Lipinski definition) is 2. The van der Waals surface area contributed by atoms with Crippen LogP contribution in [0.25, 0.3) is 5.69 Å². The first kappa shape index (κ1) is 18.8. The van der Waals surface area contributed by atoms with Crippen molar-refractivity contribution in [3.8, 4) is 11.7 Å². The lowest BCUT2D eigenvalue weighted by Gasteiger charge is -2.09. The standard InChI is InChI=1S/C18H13Cl2N3O4/c1-27-18-22-15(21-16(24)12-8-7-10(19)9-13(12)20)14(17(25)26)23(18)11-5-3-2-4-6-11/h2-9H,1H3,(H,21,24)(H,25,26). The van der Waals surface area contributed by atoms with Crippen LogP contribution in [0.2, 0.25) is 10.0 Å². The molecule has 138 valence electrons. The Bertz CT molecular complexity index is 1020. The predicted octanol–water partition coefficient (Wildman–Crippen LogP) is 4.14. The molecular formula is C18H13Cl2N3O4. The number of carboxylic acid groups (broad SMARTS) is 1. The van der Waals surface area contributed by atoms with Crippen LogP contribution in [-0.2, 0) is 0 Å². The summed E-state index contributed by atoms with van der Waals surface area (Å²) in [6, 6.07) is 13.0. The van der Waals surface area contributed by atoms with Gasteiger partial charge in [0.2, 0.25) is 0 Å². The van der Waals surface area contributed by atoms with Gasteiger partial charge in [-0.25, -0.2) is 4.79 Å². The second-order valence-corrected chi connectivity index (χ2v) is 6.19. The minimum absolute atomic E-state index is 0.0103. The van der Waals surface area contributed by atoms with Crippen molar-refractivity contribution in [3.05, 3.63) is 69.8 Å². The maximum absolute atomic E-state index is 12.5. The molecule has 2 N–H and O–H groups in total. The maximum Gasteiger partial charge on any atom is 0.356 e. The van der Waals surface area contributed by atoms with E-state index in [-0.39, 0.29) is 28.1 Å². The van der Waals surface area contributed by atoms with E-state index < -0.39 is 11.9 Å². The molecule has 0 aliphatic carbocycles. The molecule has 0 aliphatic rings. The molecule has 3 aromatic rings. The number of imidazole rings is 1. The normalized spacial score (nSPS) is 10.5. The number of rotatable bonds is 5. The number of para-hydroxylation sites is 1. The van der Waals surface area contributed by atoms with Gasteiger partial charge < -0.3 is 15.2 Å². The molecule has 3 rings (SSSR count). The molecule has 1 heterocycles. The highest BCUT2D eigenvalue weighted by Crippen LogP contribution is 2.28. The van der Waals surface area contributed by atoms with Crippen molar-refractivity contribution in [3.63, 3.8) is 0 Å². The summed E-state index contributed by atoms with van der Waals surface area (Å²) in [5.74, 6) is -2.08. The van der Waals surface area contributed by atoms with E-state index in [1.165, 1.54) is 29.9 Å². The maximum atomic E-state index is 12.5. The molecule has 9 heteroatoms. The molecule has 1 aromatic heterocycles. The molecule has 0 fully saturated rings. The molecular weight excluding hydrogens is 393 g/mol. The van der Waals surface area contributed by atoms with Crippen LogP contribution in [-0.4, -0.2) is 33.6 Å². The number of benzene rings is 2. The number of anilines is 1. The first-order valence-electron chi connectivity index (χ1n) is 7.64. The number of methoxy groups -OCH3 is 1. The van der Waals surface area contributed by atoms with Crippen molar-refractivity contribution < 1.29 is 19.4 Å². The largest absolute Gasteiger partial charge is 0.476 e. The number of aromatic nitrogens is 2. The van der Waals surface area contributed by atoms with Crippen LogP contribution < -0.4 is 10.1 Å². The average Bonchev–Trinajstić information content (AvgIpc) is 3.00. The van der Waals surface area contributed by atoms with Crippen LogP contribution in [0.1, 0.15) is 20.8 Å². The van der Waals surface area contributed by atoms with Crippen molar-refractivity contribution in [2.45, 2.75) is 0 Å². The van der Waals surface area contributed by atoms with Crippen LogP contribution >= 0.6 is 23.2 Å². The van der Waals surface area contributed by atoms with Gasteiger partial charge in [-0.2, -0.15) is 4.98 Å². The highest BCUT2D eigenvalue weighted by Gasteiger charge is 2.26. The lowest BCUT2D eigenvalue weighted by atomic mass is 10.2. The second-order valence-electron chi connectivity index (χ2n) is 5.35. The number of carbonyl (C=O) groups excluding carboxylic acids is 1. The number of aromatic carboxylic acids is 1. The van der Waals surface area contributed by atoms with E-state index in [9.17, 15) is 14.7 Å². The first-order valence-corrected chi connectivity index (χ1v) is 8.39. The Balaban J connectivity index is 2.07. The van der Waals surface area contributed by atoms with Crippen molar-refractivity contribution in [1.82, 2.24) is 9.55 Å². The highest BCUT2D eigenvalue weighted by molar-refractivity contribution is 6.37. The fourth-order valence-corrected chi connectivity index (χ4v) is 2.98. The van der Waals surface area contributed by atoms with E-state index in [0.717, 1.165) is 0 Å². The summed E-state index contributed by atoms with van der Waals surface area (Å²) in [6.45, 7) is 0. The van der Waals surface area contributed by atoms with Crippen molar-refractivity contribution in [2.75, 3.05) is 12.4 Å². The fourth-order valence-electron chi connectivity index (χ4n) is 2.49. The van der Waals surface area contributed by atoms with Gasteiger partial charge in [-0.3, -0.25) is 9.36 Å². The summed E-state index contributed by atoms with van der Waals surface area (Å²) >= 11 is 11.9. The number of carboxylic acids is 1. The molecule has 0 saturated heterocycles. The van der Waals surface area contributed by atoms with Crippen LogP contribution in [0.15, 0.2) is 48.5 Å². The predicted molar refractivity (Wildman–Crippen MR) is 101 cm³/mol. The molecule has 0 radical (unpaired) electrons. The Morgan fingerprint density at radius 2 is 1.85 bits per heavy atom. The third kappa shape index (κ3) is 3.74. The fraction of sp³-hybridized carbons (Fsp3) is 0.0556. The number of nitrogens with one attached hydrogen (secondary N) is 1. The number of nitrogens with zero attached hydrogens (tertiary/aromatic N) is 2. The van der Waals surface area contributed by atoms with Gasteiger partial charge in [-0.1, -0.05) is 41.4 Å². The Hall–Kier alpha value is -3.03. The van der Waals surface area contributed by atoms with E-state index >= 15 is 0 Å². The quantitative estimate of drug-likeness (QED) is 0.665. The van der Waals surface area contributed by atoms with Crippen molar-refractivity contribution in [2.24, 2.45) is 0 Å². The molecule has 7 nitrogen and oxygen atoms in total. The molecule has 0 saturated carbocycles. The molecule has 0 spiro atoms. The summed E-state index contributed by atoms with van der Waals surface area (Å²) in [7, 11) is 1.36. The summed E-state index contributed by atoms with van der Waals surface area (Å²) in [4.78, 5) is 28.5. The summed E-state index contributed by atoms with van der Waals surface area (Å²) in [5.41, 5.74) is 0.395. The van der Waals surface area contributed by atoms with E-state index in [2.05, 4.69) is 10.3 Å². The monoisotopic (exact) mass is 405 g/mol. The van der Waals surface area contributed by atoms with Gasteiger partial charge in [-0.05, 0) is 30.3 Å². The van der Waals surface area contributed by atoms with E-state index in [1.807, 2.05) is 0 Å². The zero-order chi connectivity index (χ0) is 19.6. The molecule has 0 aliphatic heterocycles. The van der Waals surface area contributed by atoms with Gasteiger partial charge in [0.15, 0.2) is 11.5 Å². The SMILES string of the molecule is COc1nc(NC(=O)c2ccc(Cl)cc2Cl)c(C(=O)O)n1-c1ccccc1. The third-order valence-corrected chi connectivity index (χ3v) is 4.20. The minimum Gasteiger partial charge on any atom is -0.476 e. The van der Waals surface area contributed by atoms with Gasteiger partial charge in [0.05, 0.1) is 23.4 Å². The summed E-state index contributed by atoms with van der Waals surface area (Å²) < 4.78 is 6.48.